The van der Waals surface area contributed by atoms with Gasteiger partial charge in [-0.15, -0.1) is 11.6 Å². The topological polar surface area (TPSA) is 71.4 Å². The van der Waals surface area contributed by atoms with Crippen molar-refractivity contribution < 1.29 is 18.3 Å². The van der Waals surface area contributed by atoms with Gasteiger partial charge in [-0.05, 0) is 17.2 Å². The van der Waals surface area contributed by atoms with Crippen LogP contribution in [0.5, 0.6) is 0 Å². The maximum absolute atomic E-state index is 11.8. The highest BCUT2D eigenvalue weighted by Crippen LogP contribution is 2.29. The molecule has 0 heterocycles. The largest absolute Gasteiger partial charge is 0.480 e. The molecule has 0 aliphatic rings. The van der Waals surface area contributed by atoms with E-state index in [1.165, 1.54) is 0 Å². The second kappa shape index (κ2) is 5.87. The highest BCUT2D eigenvalue weighted by Gasteiger charge is 2.17. The molecule has 1 unspecified atom stereocenters. The normalized spacial score (nSPS) is 12.9. The third-order valence-electron chi connectivity index (χ3n) is 3.02. The molecule has 0 saturated carbocycles. The standard InChI is InChI=1S/C15H13ClO4S/c1-21(19,20)13-5-3-2-4-12(13)10-6-8-11(9-7-10)14(16)15(17)18/h2-9,14H,1H3,(H,17,18). The van der Waals surface area contributed by atoms with E-state index < -0.39 is 21.2 Å². The van der Waals surface area contributed by atoms with Gasteiger partial charge < -0.3 is 5.11 Å². The number of hydrogen-bond donors (Lipinski definition) is 1. The Bertz CT molecular complexity index is 767. The van der Waals surface area contributed by atoms with Crippen molar-refractivity contribution in [3.63, 3.8) is 0 Å². The van der Waals surface area contributed by atoms with Gasteiger partial charge in [-0.2, -0.15) is 0 Å². The average Bonchev–Trinajstić information content (AvgIpc) is 2.45. The lowest BCUT2D eigenvalue weighted by atomic mass is 10.0. The molecular formula is C15H13ClO4S. The Hall–Kier alpha value is -1.85. The molecule has 1 atom stereocenters. The first-order valence-electron chi connectivity index (χ1n) is 6.07. The maximum Gasteiger partial charge on any atom is 0.326 e. The molecule has 0 radical (unpaired) electrons. The molecule has 1 N–H and O–H groups in total. The van der Waals surface area contributed by atoms with Crippen LogP contribution in [-0.2, 0) is 14.6 Å². The van der Waals surface area contributed by atoms with E-state index in [2.05, 4.69) is 0 Å². The molecule has 21 heavy (non-hydrogen) atoms. The van der Waals surface area contributed by atoms with E-state index in [-0.39, 0.29) is 4.90 Å². The zero-order valence-corrected chi connectivity index (χ0v) is 12.7. The van der Waals surface area contributed by atoms with E-state index in [0.29, 0.717) is 16.7 Å². The van der Waals surface area contributed by atoms with Gasteiger partial charge in [-0.1, -0.05) is 42.5 Å². The number of aliphatic carboxylic acids is 1. The molecule has 0 bridgehead atoms. The van der Waals surface area contributed by atoms with Gasteiger partial charge in [0, 0.05) is 11.8 Å². The van der Waals surface area contributed by atoms with Crippen molar-refractivity contribution in [1.82, 2.24) is 0 Å². The third-order valence-corrected chi connectivity index (χ3v) is 4.61. The Morgan fingerprint density at radius 3 is 2.19 bits per heavy atom. The van der Waals surface area contributed by atoms with Crippen LogP contribution >= 0.6 is 11.6 Å². The molecule has 2 rings (SSSR count). The molecule has 0 saturated heterocycles. The van der Waals surface area contributed by atoms with Crippen LogP contribution in [0, 0.1) is 0 Å². The number of hydrogen-bond acceptors (Lipinski definition) is 3. The lowest BCUT2D eigenvalue weighted by Gasteiger charge is -2.10. The van der Waals surface area contributed by atoms with Crippen LogP contribution in [-0.4, -0.2) is 25.7 Å². The summed E-state index contributed by atoms with van der Waals surface area (Å²) in [6.07, 6.45) is 1.15. The smallest absolute Gasteiger partial charge is 0.326 e. The van der Waals surface area contributed by atoms with Gasteiger partial charge in [-0.25, -0.2) is 8.42 Å². The highest BCUT2D eigenvalue weighted by atomic mass is 35.5. The van der Waals surface area contributed by atoms with Crippen molar-refractivity contribution >= 4 is 27.4 Å². The fourth-order valence-corrected chi connectivity index (χ4v) is 3.06. The molecule has 110 valence electrons. The molecule has 0 aliphatic heterocycles. The first-order chi connectivity index (χ1) is 9.80. The molecule has 0 aromatic heterocycles. The second-order valence-electron chi connectivity index (χ2n) is 4.59. The summed E-state index contributed by atoms with van der Waals surface area (Å²) in [5.41, 5.74) is 1.71. The molecule has 6 heteroatoms. The molecule has 2 aromatic rings. The fraction of sp³-hybridized carbons (Fsp3) is 0.133. The van der Waals surface area contributed by atoms with Crippen LogP contribution in [0.2, 0.25) is 0 Å². The summed E-state index contributed by atoms with van der Waals surface area (Å²) >= 11 is 5.75. The van der Waals surface area contributed by atoms with Crippen molar-refractivity contribution in [3.05, 3.63) is 54.1 Å². The van der Waals surface area contributed by atoms with Crippen LogP contribution in [0.1, 0.15) is 10.9 Å². The lowest BCUT2D eigenvalue weighted by Crippen LogP contribution is -2.04. The highest BCUT2D eigenvalue weighted by molar-refractivity contribution is 7.90. The minimum Gasteiger partial charge on any atom is -0.480 e. The SMILES string of the molecule is CS(=O)(=O)c1ccccc1-c1ccc(C(Cl)C(=O)O)cc1. The number of carbonyl (C=O) groups is 1. The number of halogens is 1. The Morgan fingerprint density at radius 1 is 1.10 bits per heavy atom. The van der Waals surface area contributed by atoms with Gasteiger partial charge in [0.15, 0.2) is 15.2 Å². The zero-order valence-electron chi connectivity index (χ0n) is 11.2. The predicted molar refractivity (Wildman–Crippen MR) is 81.2 cm³/mol. The van der Waals surface area contributed by atoms with E-state index in [9.17, 15) is 13.2 Å². The Balaban J connectivity index is 2.48. The summed E-state index contributed by atoms with van der Waals surface area (Å²) in [5.74, 6) is -1.12. The Morgan fingerprint density at radius 2 is 1.67 bits per heavy atom. The van der Waals surface area contributed by atoms with Crippen molar-refractivity contribution in [2.75, 3.05) is 6.26 Å². The Labute approximate surface area is 127 Å². The van der Waals surface area contributed by atoms with Crippen LogP contribution in [0.3, 0.4) is 0 Å². The van der Waals surface area contributed by atoms with Crippen LogP contribution < -0.4 is 0 Å². The maximum atomic E-state index is 11.8. The molecule has 0 amide bonds. The minimum absolute atomic E-state index is 0.235. The van der Waals surface area contributed by atoms with Crippen LogP contribution in [0.25, 0.3) is 11.1 Å². The number of rotatable bonds is 4. The summed E-state index contributed by atoms with van der Waals surface area (Å²) in [4.78, 5) is 11.1. The average molecular weight is 325 g/mol. The van der Waals surface area contributed by atoms with E-state index in [1.54, 1.807) is 48.5 Å². The number of carboxylic acids is 1. The molecule has 0 aliphatic carbocycles. The van der Waals surface area contributed by atoms with Gasteiger partial charge >= 0.3 is 5.97 Å². The molecule has 0 spiro atoms. The first kappa shape index (κ1) is 15.5. The van der Waals surface area contributed by atoms with E-state index in [0.717, 1.165) is 6.26 Å². The number of sulfone groups is 1. The van der Waals surface area contributed by atoms with E-state index >= 15 is 0 Å². The summed E-state index contributed by atoms with van der Waals surface area (Å²) in [6, 6.07) is 13.2. The van der Waals surface area contributed by atoms with E-state index in [1.807, 2.05) is 0 Å². The number of alkyl halides is 1. The summed E-state index contributed by atoms with van der Waals surface area (Å²) in [5, 5.41) is 7.74. The lowest BCUT2D eigenvalue weighted by molar-refractivity contribution is -0.136. The molecule has 4 nitrogen and oxygen atoms in total. The summed E-state index contributed by atoms with van der Waals surface area (Å²) in [6.45, 7) is 0. The van der Waals surface area contributed by atoms with E-state index in [4.69, 9.17) is 16.7 Å². The van der Waals surface area contributed by atoms with Gasteiger partial charge in [0.2, 0.25) is 0 Å². The van der Waals surface area contributed by atoms with Gasteiger partial charge in [0.05, 0.1) is 4.90 Å². The van der Waals surface area contributed by atoms with Crippen LogP contribution in [0.4, 0.5) is 0 Å². The van der Waals surface area contributed by atoms with Gasteiger partial charge in [0.1, 0.15) is 0 Å². The monoisotopic (exact) mass is 324 g/mol. The van der Waals surface area contributed by atoms with Crippen molar-refractivity contribution in [3.8, 4) is 11.1 Å². The predicted octanol–water partition coefficient (Wildman–Crippen LogP) is 3.12. The minimum atomic E-state index is -3.34. The number of carboxylic acid groups (broad SMARTS) is 1. The van der Waals surface area contributed by atoms with Gasteiger partial charge in [-0.3, -0.25) is 4.79 Å². The van der Waals surface area contributed by atoms with Crippen molar-refractivity contribution in [1.29, 1.82) is 0 Å². The van der Waals surface area contributed by atoms with Crippen molar-refractivity contribution in [2.45, 2.75) is 10.3 Å². The second-order valence-corrected chi connectivity index (χ2v) is 7.01. The summed E-state index contributed by atoms with van der Waals surface area (Å²) in [7, 11) is -3.34. The summed E-state index contributed by atoms with van der Waals surface area (Å²) < 4.78 is 23.6. The molecule has 2 aromatic carbocycles. The molecule has 0 fully saturated rings. The van der Waals surface area contributed by atoms with Crippen LogP contribution in [0.15, 0.2) is 53.4 Å². The zero-order chi connectivity index (χ0) is 15.6. The van der Waals surface area contributed by atoms with Crippen molar-refractivity contribution in [2.24, 2.45) is 0 Å². The Kier molecular flexibility index (Phi) is 4.34. The first-order valence-corrected chi connectivity index (χ1v) is 8.40. The number of benzene rings is 2. The third kappa shape index (κ3) is 3.43. The molecular weight excluding hydrogens is 312 g/mol. The quantitative estimate of drug-likeness (QED) is 0.877. The fourth-order valence-electron chi connectivity index (χ4n) is 2.00. The van der Waals surface area contributed by atoms with Gasteiger partial charge in [0.25, 0.3) is 0 Å².